The molecule has 1 aromatic rings. The van der Waals surface area contributed by atoms with E-state index in [2.05, 4.69) is 16.0 Å². The summed E-state index contributed by atoms with van der Waals surface area (Å²) in [6, 6.07) is 5.50. The van der Waals surface area contributed by atoms with Crippen molar-refractivity contribution in [1.29, 1.82) is 0 Å². The van der Waals surface area contributed by atoms with E-state index in [-0.39, 0.29) is 24.4 Å². The molecule has 0 unspecified atom stereocenters. The summed E-state index contributed by atoms with van der Waals surface area (Å²) in [5.74, 6) is -0.219. The highest BCUT2D eigenvalue weighted by Gasteiger charge is 2.04. The molecule has 0 aromatic heterocycles. The van der Waals surface area contributed by atoms with Crippen molar-refractivity contribution < 1.29 is 14.7 Å². The standard InChI is InChI=1S/C11H15N3O3/c1-2-12-11(17)14-7-13-10(16)8-3-5-9(15)6-4-8/h3-6,15H,2,7H2,1H3,(H,13,16)(H2,12,14,17). The molecule has 6 heteroatoms. The van der Waals surface area contributed by atoms with Gasteiger partial charge in [-0.05, 0) is 31.2 Å². The van der Waals surface area contributed by atoms with E-state index in [9.17, 15) is 9.59 Å². The molecule has 0 bridgehead atoms. The summed E-state index contributed by atoms with van der Waals surface area (Å²) < 4.78 is 0. The number of hydrogen-bond donors (Lipinski definition) is 4. The average molecular weight is 237 g/mol. The van der Waals surface area contributed by atoms with E-state index in [1.54, 1.807) is 6.92 Å². The molecular weight excluding hydrogens is 222 g/mol. The number of carbonyl (C=O) groups is 2. The Morgan fingerprint density at radius 3 is 2.35 bits per heavy atom. The Kier molecular flexibility index (Phi) is 4.80. The fourth-order valence-electron chi connectivity index (χ4n) is 1.14. The highest BCUT2D eigenvalue weighted by molar-refractivity contribution is 5.94. The summed E-state index contributed by atoms with van der Waals surface area (Å²) in [6.07, 6.45) is 0. The lowest BCUT2D eigenvalue weighted by Crippen LogP contribution is -2.42. The van der Waals surface area contributed by atoms with Gasteiger partial charge in [0.25, 0.3) is 5.91 Å². The minimum atomic E-state index is -0.335. The third kappa shape index (κ3) is 4.42. The van der Waals surface area contributed by atoms with Crippen molar-refractivity contribution in [2.45, 2.75) is 6.92 Å². The fraction of sp³-hybridized carbons (Fsp3) is 0.273. The molecule has 1 aromatic carbocycles. The van der Waals surface area contributed by atoms with Crippen LogP contribution in [0.1, 0.15) is 17.3 Å². The fourth-order valence-corrected chi connectivity index (χ4v) is 1.14. The summed E-state index contributed by atoms with van der Waals surface area (Å²) in [4.78, 5) is 22.5. The van der Waals surface area contributed by atoms with Crippen LogP contribution >= 0.6 is 0 Å². The maximum atomic E-state index is 11.5. The summed E-state index contributed by atoms with van der Waals surface area (Å²) in [7, 11) is 0. The average Bonchev–Trinajstić information content (AvgIpc) is 2.30. The van der Waals surface area contributed by atoms with Crippen molar-refractivity contribution in [2.75, 3.05) is 13.2 Å². The van der Waals surface area contributed by atoms with Crippen LogP contribution in [-0.2, 0) is 0 Å². The van der Waals surface area contributed by atoms with Gasteiger partial charge in [-0.25, -0.2) is 4.79 Å². The van der Waals surface area contributed by atoms with Gasteiger partial charge in [0, 0.05) is 12.1 Å². The van der Waals surface area contributed by atoms with Gasteiger partial charge < -0.3 is 21.1 Å². The Bertz CT molecular complexity index is 389. The number of urea groups is 1. The minimum Gasteiger partial charge on any atom is -0.508 e. The molecule has 4 N–H and O–H groups in total. The first kappa shape index (κ1) is 12.8. The van der Waals surface area contributed by atoms with Crippen LogP contribution in [0, 0.1) is 0 Å². The number of nitrogens with one attached hydrogen (secondary N) is 3. The smallest absolute Gasteiger partial charge is 0.316 e. The Hall–Kier alpha value is -2.24. The highest BCUT2D eigenvalue weighted by atomic mass is 16.3. The molecule has 1 rings (SSSR count). The largest absolute Gasteiger partial charge is 0.508 e. The maximum absolute atomic E-state index is 11.5. The van der Waals surface area contributed by atoms with E-state index >= 15 is 0 Å². The third-order valence-electron chi connectivity index (χ3n) is 1.96. The van der Waals surface area contributed by atoms with Crippen molar-refractivity contribution >= 4 is 11.9 Å². The second kappa shape index (κ2) is 6.37. The van der Waals surface area contributed by atoms with Gasteiger partial charge in [-0.3, -0.25) is 4.79 Å². The van der Waals surface area contributed by atoms with Gasteiger partial charge in [0.2, 0.25) is 0 Å². The van der Waals surface area contributed by atoms with E-state index in [0.717, 1.165) is 0 Å². The Balaban J connectivity index is 2.35. The molecule has 0 aliphatic heterocycles. The molecule has 0 aliphatic rings. The molecule has 0 heterocycles. The number of amides is 3. The van der Waals surface area contributed by atoms with Gasteiger partial charge in [-0.15, -0.1) is 0 Å². The van der Waals surface area contributed by atoms with E-state index in [0.29, 0.717) is 12.1 Å². The highest BCUT2D eigenvalue weighted by Crippen LogP contribution is 2.08. The van der Waals surface area contributed by atoms with Crippen molar-refractivity contribution in [2.24, 2.45) is 0 Å². The third-order valence-corrected chi connectivity index (χ3v) is 1.96. The quantitative estimate of drug-likeness (QED) is 0.571. The zero-order valence-corrected chi connectivity index (χ0v) is 9.49. The number of hydrogen-bond acceptors (Lipinski definition) is 3. The molecule has 0 spiro atoms. The SMILES string of the molecule is CCNC(=O)NCNC(=O)c1ccc(O)cc1. The van der Waals surface area contributed by atoms with Gasteiger partial charge in [0.1, 0.15) is 5.75 Å². The molecule has 0 saturated carbocycles. The van der Waals surface area contributed by atoms with Crippen LogP contribution in [0.2, 0.25) is 0 Å². The van der Waals surface area contributed by atoms with Crippen LogP contribution in [0.15, 0.2) is 24.3 Å². The maximum Gasteiger partial charge on any atom is 0.316 e. The lowest BCUT2D eigenvalue weighted by Gasteiger charge is -2.07. The van der Waals surface area contributed by atoms with Crippen molar-refractivity contribution in [3.8, 4) is 5.75 Å². The monoisotopic (exact) mass is 237 g/mol. The van der Waals surface area contributed by atoms with Crippen LogP contribution in [0.4, 0.5) is 4.79 Å². The number of aromatic hydroxyl groups is 1. The van der Waals surface area contributed by atoms with Gasteiger partial charge in [-0.2, -0.15) is 0 Å². The molecular formula is C11H15N3O3. The predicted octanol–water partition coefficient (Wildman–Crippen LogP) is 0.399. The summed E-state index contributed by atoms with van der Waals surface area (Å²) in [5.41, 5.74) is 0.417. The topological polar surface area (TPSA) is 90.5 Å². The van der Waals surface area contributed by atoms with Crippen molar-refractivity contribution in [3.05, 3.63) is 29.8 Å². The van der Waals surface area contributed by atoms with E-state index in [4.69, 9.17) is 5.11 Å². The Labute approximate surface area is 99.0 Å². The summed E-state index contributed by atoms with van der Waals surface area (Å²) in [5, 5.41) is 16.6. The lowest BCUT2D eigenvalue weighted by molar-refractivity contribution is 0.0952. The van der Waals surface area contributed by atoms with Crippen LogP contribution < -0.4 is 16.0 Å². The molecule has 0 aliphatic carbocycles. The number of phenols is 1. The molecule has 92 valence electrons. The Morgan fingerprint density at radius 2 is 1.76 bits per heavy atom. The zero-order chi connectivity index (χ0) is 12.7. The summed E-state index contributed by atoms with van der Waals surface area (Å²) in [6.45, 7) is 2.37. The first-order chi connectivity index (χ1) is 8.13. The first-order valence-corrected chi connectivity index (χ1v) is 5.22. The minimum absolute atomic E-state index is 0.0472. The first-order valence-electron chi connectivity index (χ1n) is 5.22. The van der Waals surface area contributed by atoms with Gasteiger partial charge in [0.05, 0.1) is 6.67 Å². The van der Waals surface area contributed by atoms with E-state index in [1.807, 2.05) is 0 Å². The molecule has 3 amide bonds. The number of rotatable bonds is 4. The van der Waals surface area contributed by atoms with Crippen LogP contribution in [-0.4, -0.2) is 30.3 Å². The van der Waals surface area contributed by atoms with E-state index in [1.165, 1.54) is 24.3 Å². The van der Waals surface area contributed by atoms with Gasteiger partial charge in [0.15, 0.2) is 0 Å². The molecule has 0 fully saturated rings. The second-order valence-electron chi connectivity index (χ2n) is 3.27. The molecule has 0 atom stereocenters. The number of carbonyl (C=O) groups excluding carboxylic acids is 2. The van der Waals surface area contributed by atoms with Crippen molar-refractivity contribution in [3.63, 3.8) is 0 Å². The van der Waals surface area contributed by atoms with Gasteiger partial charge >= 0.3 is 6.03 Å². The normalized spacial score (nSPS) is 9.47. The van der Waals surface area contributed by atoms with E-state index < -0.39 is 0 Å². The van der Waals surface area contributed by atoms with Crippen LogP contribution in [0.3, 0.4) is 0 Å². The Morgan fingerprint density at radius 1 is 1.12 bits per heavy atom. The van der Waals surface area contributed by atoms with Crippen LogP contribution in [0.25, 0.3) is 0 Å². The second-order valence-corrected chi connectivity index (χ2v) is 3.27. The molecule has 0 radical (unpaired) electrons. The van der Waals surface area contributed by atoms with Crippen molar-refractivity contribution in [1.82, 2.24) is 16.0 Å². The zero-order valence-electron chi connectivity index (χ0n) is 9.49. The molecule has 0 saturated heterocycles. The van der Waals surface area contributed by atoms with Crippen LogP contribution in [0.5, 0.6) is 5.75 Å². The molecule has 6 nitrogen and oxygen atoms in total. The number of benzene rings is 1. The lowest BCUT2D eigenvalue weighted by atomic mass is 10.2. The predicted molar refractivity (Wildman–Crippen MR) is 62.6 cm³/mol. The summed E-state index contributed by atoms with van der Waals surface area (Å²) >= 11 is 0. The number of phenolic OH excluding ortho intramolecular Hbond substituents is 1. The molecule has 17 heavy (non-hydrogen) atoms. The van der Waals surface area contributed by atoms with Gasteiger partial charge in [-0.1, -0.05) is 0 Å².